The minimum absolute atomic E-state index is 0.309. The average Bonchev–Trinajstić information content (AvgIpc) is 2.51. The molecular weight excluding hydrogens is 258 g/mol. The summed E-state index contributed by atoms with van der Waals surface area (Å²) in [4.78, 5) is 2.19. The van der Waals surface area contributed by atoms with Gasteiger partial charge in [-0.1, -0.05) is 50.3 Å². The minimum Gasteiger partial charge on any atom is -0.368 e. The molecule has 1 unspecified atom stereocenters. The first-order valence-electron chi connectivity index (χ1n) is 7.75. The van der Waals surface area contributed by atoms with Gasteiger partial charge in [-0.2, -0.15) is 0 Å². The molecule has 0 aliphatic carbocycles. The summed E-state index contributed by atoms with van der Waals surface area (Å²) in [6, 6.07) is 10.8. The van der Waals surface area contributed by atoms with Crippen LogP contribution in [0.2, 0.25) is 0 Å². The zero-order valence-corrected chi connectivity index (χ0v) is 14.0. The summed E-state index contributed by atoms with van der Waals surface area (Å²) in [6.45, 7) is 8.10. The van der Waals surface area contributed by atoms with Crippen molar-refractivity contribution in [3.63, 3.8) is 0 Å². The maximum absolute atomic E-state index is 3.50. The molecule has 1 heterocycles. The summed E-state index contributed by atoms with van der Waals surface area (Å²) < 4.78 is 0. The number of benzene rings is 1. The summed E-state index contributed by atoms with van der Waals surface area (Å²) >= 11 is 0. The molecule has 1 aromatic carbocycles. The predicted molar refractivity (Wildman–Crippen MR) is 92.1 cm³/mol. The van der Waals surface area contributed by atoms with Gasteiger partial charge >= 0.3 is 0 Å². The van der Waals surface area contributed by atoms with Crippen molar-refractivity contribution < 1.29 is 0 Å². The fourth-order valence-corrected chi connectivity index (χ4v) is 2.20. The molecule has 116 valence electrons. The van der Waals surface area contributed by atoms with Crippen molar-refractivity contribution in [2.75, 3.05) is 27.2 Å². The number of nitrogens with zero attached hydrogens (tertiary/aromatic N) is 1. The summed E-state index contributed by atoms with van der Waals surface area (Å²) in [5, 5.41) is 6.93. The summed E-state index contributed by atoms with van der Waals surface area (Å²) in [6.07, 6.45) is 4.33. The van der Waals surface area contributed by atoms with E-state index in [1.165, 1.54) is 11.1 Å². The molecule has 2 N–H and O–H groups in total. The Labute approximate surface area is 129 Å². The van der Waals surface area contributed by atoms with E-state index >= 15 is 0 Å². The Bertz CT molecular complexity index is 461. The molecule has 0 amide bonds. The quantitative estimate of drug-likeness (QED) is 0.870. The summed E-state index contributed by atoms with van der Waals surface area (Å²) in [5.41, 5.74) is 2.70. The van der Waals surface area contributed by atoms with Crippen LogP contribution in [0.4, 0.5) is 0 Å². The van der Waals surface area contributed by atoms with Crippen LogP contribution in [-0.4, -0.2) is 32.1 Å². The van der Waals surface area contributed by atoms with E-state index in [1.807, 2.05) is 19.9 Å². The zero-order chi connectivity index (χ0) is 15.7. The fourth-order valence-electron chi connectivity index (χ4n) is 2.20. The normalized spacial score (nSPS) is 15.1. The van der Waals surface area contributed by atoms with E-state index in [-0.39, 0.29) is 0 Å². The van der Waals surface area contributed by atoms with Crippen LogP contribution in [0.3, 0.4) is 0 Å². The SMILES string of the molecule is CC.CC(NC1=CC=C(CN(C)C)CN1)c1ccccc1. The maximum atomic E-state index is 3.50. The second-order valence-corrected chi connectivity index (χ2v) is 5.27. The molecule has 1 aliphatic rings. The Balaban J connectivity index is 0.00000106. The number of allylic oxidation sites excluding steroid dienone is 2. The van der Waals surface area contributed by atoms with E-state index in [1.54, 1.807) is 0 Å². The Hall–Kier alpha value is -1.74. The topological polar surface area (TPSA) is 27.3 Å². The molecule has 0 aromatic heterocycles. The van der Waals surface area contributed by atoms with Crippen LogP contribution in [0.25, 0.3) is 0 Å². The van der Waals surface area contributed by atoms with E-state index in [0.717, 1.165) is 18.9 Å². The highest BCUT2D eigenvalue weighted by Crippen LogP contribution is 2.13. The van der Waals surface area contributed by atoms with Gasteiger partial charge in [0.2, 0.25) is 0 Å². The van der Waals surface area contributed by atoms with Gasteiger partial charge < -0.3 is 15.5 Å². The van der Waals surface area contributed by atoms with Gasteiger partial charge in [-0.25, -0.2) is 0 Å². The molecule has 3 heteroatoms. The molecule has 0 fully saturated rings. The van der Waals surface area contributed by atoms with Gasteiger partial charge in [-0.05, 0) is 38.2 Å². The number of dihydropyridines is 1. The van der Waals surface area contributed by atoms with Crippen LogP contribution >= 0.6 is 0 Å². The third-order valence-corrected chi connectivity index (χ3v) is 3.18. The second-order valence-electron chi connectivity index (χ2n) is 5.27. The maximum Gasteiger partial charge on any atom is 0.0993 e. The van der Waals surface area contributed by atoms with Gasteiger partial charge in [0.05, 0.1) is 5.82 Å². The predicted octanol–water partition coefficient (Wildman–Crippen LogP) is 3.30. The van der Waals surface area contributed by atoms with Crippen molar-refractivity contribution in [3.8, 4) is 0 Å². The molecule has 2 rings (SSSR count). The molecule has 21 heavy (non-hydrogen) atoms. The van der Waals surface area contributed by atoms with Crippen LogP contribution in [0, 0.1) is 0 Å². The van der Waals surface area contributed by atoms with E-state index in [9.17, 15) is 0 Å². The average molecular weight is 287 g/mol. The van der Waals surface area contributed by atoms with Crippen molar-refractivity contribution in [2.24, 2.45) is 0 Å². The highest BCUT2D eigenvalue weighted by molar-refractivity contribution is 5.26. The van der Waals surface area contributed by atoms with E-state index in [4.69, 9.17) is 0 Å². The highest BCUT2D eigenvalue weighted by Gasteiger charge is 2.09. The first-order chi connectivity index (χ1) is 10.1. The Morgan fingerprint density at radius 2 is 1.81 bits per heavy atom. The van der Waals surface area contributed by atoms with Crippen molar-refractivity contribution in [3.05, 3.63) is 59.4 Å². The van der Waals surface area contributed by atoms with Gasteiger partial charge in [-0.15, -0.1) is 0 Å². The van der Waals surface area contributed by atoms with Crippen molar-refractivity contribution in [2.45, 2.75) is 26.8 Å². The van der Waals surface area contributed by atoms with Gasteiger partial charge in [0.25, 0.3) is 0 Å². The third-order valence-electron chi connectivity index (χ3n) is 3.18. The van der Waals surface area contributed by atoms with Crippen molar-refractivity contribution in [1.29, 1.82) is 0 Å². The molecule has 3 nitrogen and oxygen atoms in total. The summed E-state index contributed by atoms with van der Waals surface area (Å²) in [7, 11) is 4.19. The Kier molecular flexibility index (Phi) is 7.62. The smallest absolute Gasteiger partial charge is 0.0993 e. The van der Waals surface area contributed by atoms with Crippen LogP contribution in [0.5, 0.6) is 0 Å². The van der Waals surface area contributed by atoms with Gasteiger partial charge in [-0.3, -0.25) is 0 Å². The fraction of sp³-hybridized carbons (Fsp3) is 0.444. The van der Waals surface area contributed by atoms with Gasteiger partial charge in [0, 0.05) is 19.1 Å². The van der Waals surface area contributed by atoms with Crippen LogP contribution in [0.15, 0.2) is 53.9 Å². The minimum atomic E-state index is 0.309. The molecule has 0 saturated carbocycles. The monoisotopic (exact) mass is 287 g/mol. The number of rotatable bonds is 5. The molecule has 1 aromatic rings. The van der Waals surface area contributed by atoms with E-state index in [0.29, 0.717) is 6.04 Å². The molecular formula is C18H29N3. The first-order valence-corrected chi connectivity index (χ1v) is 7.75. The van der Waals surface area contributed by atoms with Crippen LogP contribution in [0.1, 0.15) is 32.4 Å². The van der Waals surface area contributed by atoms with E-state index < -0.39 is 0 Å². The molecule has 0 spiro atoms. The van der Waals surface area contributed by atoms with Crippen LogP contribution in [-0.2, 0) is 0 Å². The lowest BCUT2D eigenvalue weighted by Gasteiger charge is -2.23. The number of hydrogen-bond acceptors (Lipinski definition) is 3. The number of hydrogen-bond donors (Lipinski definition) is 2. The lowest BCUT2D eigenvalue weighted by Crippen LogP contribution is -2.33. The zero-order valence-electron chi connectivity index (χ0n) is 14.0. The van der Waals surface area contributed by atoms with Crippen molar-refractivity contribution >= 4 is 0 Å². The lowest BCUT2D eigenvalue weighted by atomic mass is 10.1. The first kappa shape index (κ1) is 17.3. The second kappa shape index (κ2) is 9.24. The summed E-state index contributed by atoms with van der Waals surface area (Å²) in [5.74, 6) is 1.10. The lowest BCUT2D eigenvalue weighted by molar-refractivity contribution is 0.438. The van der Waals surface area contributed by atoms with E-state index in [2.05, 4.69) is 73.0 Å². The van der Waals surface area contributed by atoms with Gasteiger partial charge in [0.15, 0.2) is 0 Å². The van der Waals surface area contributed by atoms with Crippen molar-refractivity contribution in [1.82, 2.24) is 15.5 Å². The number of nitrogens with one attached hydrogen (secondary N) is 2. The third kappa shape index (κ3) is 6.05. The molecule has 0 bridgehead atoms. The number of likely N-dealkylation sites (N-methyl/N-ethyl adjacent to an activating group) is 1. The Morgan fingerprint density at radius 1 is 1.14 bits per heavy atom. The molecule has 1 atom stereocenters. The largest absolute Gasteiger partial charge is 0.368 e. The molecule has 1 aliphatic heterocycles. The highest BCUT2D eigenvalue weighted by atomic mass is 15.1. The standard InChI is InChI=1S/C16H23N3.C2H6/c1-13(15-7-5-4-6-8-15)18-16-10-9-14(11-17-16)12-19(2)3;1-2/h4-10,13,17-18H,11-12H2,1-3H3;1-2H3. The van der Waals surface area contributed by atoms with Crippen LogP contribution < -0.4 is 10.6 Å². The van der Waals surface area contributed by atoms with Gasteiger partial charge in [0.1, 0.15) is 0 Å². The Morgan fingerprint density at radius 3 is 2.33 bits per heavy atom. The molecule has 0 saturated heterocycles. The molecule has 0 radical (unpaired) electrons.